The number of hydrogen-bond acceptors (Lipinski definition) is 3. The van der Waals surface area contributed by atoms with Gasteiger partial charge in [-0.05, 0) is 30.5 Å². The number of rotatable bonds is 1. The van der Waals surface area contributed by atoms with Crippen molar-refractivity contribution in [2.75, 3.05) is 5.75 Å². The molecule has 1 heterocycles. The van der Waals surface area contributed by atoms with Crippen molar-refractivity contribution in [1.82, 2.24) is 0 Å². The number of hydrogen-bond donors (Lipinski definition) is 1. The first kappa shape index (κ1) is 12.5. The first-order valence-corrected chi connectivity index (χ1v) is 6.28. The Morgan fingerprint density at radius 2 is 2.07 bits per heavy atom. The Kier molecular flexibility index (Phi) is 3.43. The second-order valence-electron chi connectivity index (χ2n) is 3.68. The lowest BCUT2D eigenvalue weighted by atomic mass is 10.0. The van der Waals surface area contributed by atoms with Gasteiger partial charge >= 0.3 is 0 Å². The highest BCUT2D eigenvalue weighted by Gasteiger charge is 2.28. The smallest absolute Gasteiger partial charge is 0.178 e. The van der Waals surface area contributed by atoms with E-state index in [1.54, 1.807) is 12.1 Å². The molecule has 0 amide bonds. The standard InChI is InChI=1S/C10H13NO2S.ClH/c1-7(11)8-3-2-4-10-9(8)5-6-14(10,12)13;/h2-4,7H,5-6,11H2,1H3;1H/t7-;/m1./s1. The Labute approximate surface area is 96.0 Å². The van der Waals surface area contributed by atoms with Gasteiger partial charge in [-0.1, -0.05) is 12.1 Å². The molecule has 0 saturated carbocycles. The van der Waals surface area contributed by atoms with Crippen molar-refractivity contribution >= 4 is 22.2 Å². The van der Waals surface area contributed by atoms with Crippen molar-refractivity contribution in [1.29, 1.82) is 0 Å². The Bertz CT molecular complexity index is 468. The Hall–Kier alpha value is -0.580. The average molecular weight is 248 g/mol. The zero-order valence-corrected chi connectivity index (χ0v) is 10.1. The molecule has 0 saturated heterocycles. The van der Waals surface area contributed by atoms with E-state index in [1.165, 1.54) is 0 Å². The van der Waals surface area contributed by atoms with Gasteiger partial charge in [-0.25, -0.2) is 8.42 Å². The van der Waals surface area contributed by atoms with Crippen molar-refractivity contribution < 1.29 is 8.42 Å². The fourth-order valence-corrected chi connectivity index (χ4v) is 3.49. The third-order valence-corrected chi connectivity index (χ3v) is 4.41. The number of fused-ring (bicyclic) bond motifs is 1. The van der Waals surface area contributed by atoms with E-state index in [-0.39, 0.29) is 24.2 Å². The highest BCUT2D eigenvalue weighted by Crippen LogP contribution is 2.30. The number of halogens is 1. The SMILES string of the molecule is C[C@@H](N)c1cccc2c1CCS2(=O)=O.Cl. The molecule has 5 heteroatoms. The summed E-state index contributed by atoms with van der Waals surface area (Å²) in [6, 6.07) is 5.24. The molecule has 0 radical (unpaired) electrons. The summed E-state index contributed by atoms with van der Waals surface area (Å²) in [5, 5.41) is 0. The number of benzene rings is 1. The molecule has 0 unspecified atom stereocenters. The molecular weight excluding hydrogens is 234 g/mol. The fraction of sp³-hybridized carbons (Fsp3) is 0.400. The normalized spacial score (nSPS) is 19.1. The third kappa shape index (κ3) is 2.02. The molecule has 0 aliphatic carbocycles. The van der Waals surface area contributed by atoms with Crippen LogP contribution in [-0.4, -0.2) is 14.2 Å². The van der Waals surface area contributed by atoms with Gasteiger partial charge in [-0.2, -0.15) is 0 Å². The molecule has 3 nitrogen and oxygen atoms in total. The van der Waals surface area contributed by atoms with Crippen LogP contribution in [-0.2, 0) is 16.3 Å². The molecule has 1 aliphatic heterocycles. The second kappa shape index (κ2) is 4.12. The van der Waals surface area contributed by atoms with Crippen LogP contribution >= 0.6 is 12.4 Å². The summed E-state index contributed by atoms with van der Waals surface area (Å²) in [6.07, 6.45) is 0.607. The summed E-state index contributed by atoms with van der Waals surface area (Å²) in [7, 11) is -3.02. The molecule has 0 aromatic heterocycles. The lowest BCUT2D eigenvalue weighted by Crippen LogP contribution is -2.08. The van der Waals surface area contributed by atoms with E-state index in [4.69, 9.17) is 5.73 Å². The molecule has 0 bridgehead atoms. The average Bonchev–Trinajstić information content (AvgIpc) is 2.42. The van der Waals surface area contributed by atoms with Crippen molar-refractivity contribution in [3.05, 3.63) is 29.3 Å². The minimum Gasteiger partial charge on any atom is -0.324 e. The maximum atomic E-state index is 11.6. The molecule has 1 aliphatic rings. The fourth-order valence-electron chi connectivity index (χ4n) is 1.91. The van der Waals surface area contributed by atoms with Crippen LogP contribution in [0, 0.1) is 0 Å². The van der Waals surface area contributed by atoms with Crippen molar-refractivity contribution in [2.24, 2.45) is 5.73 Å². The zero-order chi connectivity index (χ0) is 10.3. The van der Waals surface area contributed by atoms with Gasteiger partial charge in [0.05, 0.1) is 10.6 Å². The molecule has 84 valence electrons. The predicted octanol–water partition coefficient (Wildman–Crippen LogP) is 1.46. The van der Waals surface area contributed by atoms with E-state index in [1.807, 2.05) is 13.0 Å². The molecular formula is C10H14ClNO2S. The van der Waals surface area contributed by atoms with Gasteiger partial charge in [0.25, 0.3) is 0 Å². The molecule has 2 N–H and O–H groups in total. The highest BCUT2D eigenvalue weighted by atomic mass is 35.5. The van der Waals surface area contributed by atoms with E-state index >= 15 is 0 Å². The van der Waals surface area contributed by atoms with Crippen LogP contribution in [0.5, 0.6) is 0 Å². The van der Waals surface area contributed by atoms with Crippen LogP contribution in [0.1, 0.15) is 24.1 Å². The summed E-state index contributed by atoms with van der Waals surface area (Å²) in [5.41, 5.74) is 7.66. The number of nitrogens with two attached hydrogens (primary N) is 1. The maximum absolute atomic E-state index is 11.6. The summed E-state index contributed by atoms with van der Waals surface area (Å²) in [6.45, 7) is 1.88. The quantitative estimate of drug-likeness (QED) is 0.817. The Balaban J connectivity index is 0.00000112. The van der Waals surface area contributed by atoms with E-state index in [9.17, 15) is 8.42 Å². The molecule has 0 spiro atoms. The minimum absolute atomic E-state index is 0. The van der Waals surface area contributed by atoms with Gasteiger partial charge in [0.2, 0.25) is 0 Å². The van der Waals surface area contributed by atoms with Crippen molar-refractivity contribution in [3.8, 4) is 0 Å². The van der Waals surface area contributed by atoms with Crippen LogP contribution < -0.4 is 5.73 Å². The summed E-state index contributed by atoms with van der Waals surface area (Å²) in [5.74, 6) is 0.228. The third-order valence-electron chi connectivity index (χ3n) is 2.62. The van der Waals surface area contributed by atoms with Gasteiger partial charge < -0.3 is 5.73 Å². The predicted molar refractivity (Wildman–Crippen MR) is 62.0 cm³/mol. The molecule has 15 heavy (non-hydrogen) atoms. The lowest BCUT2D eigenvalue weighted by molar-refractivity contribution is 0.600. The van der Waals surface area contributed by atoms with Gasteiger partial charge in [-0.15, -0.1) is 12.4 Å². The van der Waals surface area contributed by atoms with E-state index < -0.39 is 9.84 Å². The highest BCUT2D eigenvalue weighted by molar-refractivity contribution is 7.91. The van der Waals surface area contributed by atoms with E-state index in [0.717, 1.165) is 11.1 Å². The zero-order valence-electron chi connectivity index (χ0n) is 8.43. The van der Waals surface area contributed by atoms with Crippen molar-refractivity contribution in [2.45, 2.75) is 24.3 Å². The first-order chi connectivity index (χ1) is 6.52. The summed E-state index contributed by atoms with van der Waals surface area (Å²) < 4.78 is 23.2. The van der Waals surface area contributed by atoms with Crippen LogP contribution in [0.2, 0.25) is 0 Å². The minimum atomic E-state index is -3.02. The van der Waals surface area contributed by atoms with Gasteiger partial charge in [0.15, 0.2) is 9.84 Å². The van der Waals surface area contributed by atoms with Gasteiger partial charge in [-0.3, -0.25) is 0 Å². The Morgan fingerprint density at radius 3 is 2.67 bits per heavy atom. The maximum Gasteiger partial charge on any atom is 0.178 e. The molecule has 1 atom stereocenters. The van der Waals surface area contributed by atoms with Crippen LogP contribution in [0.15, 0.2) is 23.1 Å². The molecule has 2 rings (SSSR count). The summed E-state index contributed by atoms with van der Waals surface area (Å²) in [4.78, 5) is 0.479. The summed E-state index contributed by atoms with van der Waals surface area (Å²) >= 11 is 0. The lowest BCUT2D eigenvalue weighted by Gasteiger charge is -2.10. The Morgan fingerprint density at radius 1 is 1.40 bits per heavy atom. The number of sulfone groups is 1. The second-order valence-corrected chi connectivity index (χ2v) is 5.76. The van der Waals surface area contributed by atoms with Crippen LogP contribution in [0.4, 0.5) is 0 Å². The van der Waals surface area contributed by atoms with Crippen LogP contribution in [0.3, 0.4) is 0 Å². The van der Waals surface area contributed by atoms with E-state index in [2.05, 4.69) is 0 Å². The monoisotopic (exact) mass is 247 g/mol. The molecule has 0 fully saturated rings. The van der Waals surface area contributed by atoms with Crippen molar-refractivity contribution in [3.63, 3.8) is 0 Å². The van der Waals surface area contributed by atoms with Gasteiger partial charge in [0, 0.05) is 6.04 Å². The van der Waals surface area contributed by atoms with Gasteiger partial charge in [0.1, 0.15) is 0 Å². The first-order valence-electron chi connectivity index (χ1n) is 4.62. The molecule has 1 aromatic carbocycles. The molecule has 1 aromatic rings. The van der Waals surface area contributed by atoms with E-state index in [0.29, 0.717) is 11.3 Å². The largest absolute Gasteiger partial charge is 0.324 e. The van der Waals surface area contributed by atoms with Crippen LogP contribution in [0.25, 0.3) is 0 Å². The topological polar surface area (TPSA) is 60.2 Å².